The van der Waals surface area contributed by atoms with E-state index in [4.69, 9.17) is 4.42 Å². The molecule has 1 saturated heterocycles. The molecule has 1 atom stereocenters. The first-order valence-electron chi connectivity index (χ1n) is 9.17. The second kappa shape index (κ2) is 6.86. The van der Waals surface area contributed by atoms with Crippen LogP contribution in [0.25, 0.3) is 0 Å². The molecule has 6 nitrogen and oxygen atoms in total. The predicted octanol–water partition coefficient (Wildman–Crippen LogP) is 2.47. The fourth-order valence-corrected chi connectivity index (χ4v) is 3.54. The zero-order chi connectivity index (χ0) is 17.2. The first-order chi connectivity index (χ1) is 12.3. The van der Waals surface area contributed by atoms with Gasteiger partial charge in [-0.15, -0.1) is 5.10 Å². The average molecular weight is 340 g/mol. The molecule has 0 bridgehead atoms. The van der Waals surface area contributed by atoms with Gasteiger partial charge in [0.2, 0.25) is 11.8 Å². The van der Waals surface area contributed by atoms with Gasteiger partial charge in [0.15, 0.2) is 0 Å². The van der Waals surface area contributed by atoms with Crippen LogP contribution in [0.5, 0.6) is 0 Å². The third-order valence-corrected chi connectivity index (χ3v) is 5.14. The summed E-state index contributed by atoms with van der Waals surface area (Å²) in [6.45, 7) is 4.89. The smallest absolute Gasteiger partial charge is 0.318 e. The number of rotatable bonds is 5. The van der Waals surface area contributed by atoms with Crippen molar-refractivity contribution in [2.75, 3.05) is 31.1 Å². The van der Waals surface area contributed by atoms with Crippen molar-refractivity contribution in [2.24, 2.45) is 5.92 Å². The van der Waals surface area contributed by atoms with Gasteiger partial charge in [0.1, 0.15) is 0 Å². The van der Waals surface area contributed by atoms with Crippen molar-refractivity contribution in [3.8, 4) is 0 Å². The van der Waals surface area contributed by atoms with Crippen LogP contribution in [-0.4, -0.2) is 47.2 Å². The van der Waals surface area contributed by atoms with Crippen molar-refractivity contribution in [1.29, 1.82) is 0 Å². The highest BCUT2D eigenvalue weighted by Gasteiger charge is 2.40. The van der Waals surface area contributed by atoms with Crippen LogP contribution in [0.4, 0.5) is 6.01 Å². The molecule has 1 unspecified atom stereocenters. The summed E-state index contributed by atoms with van der Waals surface area (Å²) in [4.78, 5) is 17.2. The molecule has 1 amide bonds. The second-order valence-corrected chi connectivity index (χ2v) is 6.87. The van der Waals surface area contributed by atoms with Gasteiger partial charge in [-0.25, -0.2) is 0 Å². The molecule has 2 fully saturated rings. The van der Waals surface area contributed by atoms with E-state index in [1.165, 1.54) is 0 Å². The molecule has 0 radical (unpaired) electrons. The number of carbonyl (C=O) groups is 1. The maximum atomic E-state index is 13.1. The van der Waals surface area contributed by atoms with Gasteiger partial charge in [-0.05, 0) is 24.3 Å². The van der Waals surface area contributed by atoms with Crippen molar-refractivity contribution in [3.63, 3.8) is 0 Å². The molecule has 6 heteroatoms. The summed E-state index contributed by atoms with van der Waals surface area (Å²) in [5.74, 6) is 1.46. The van der Waals surface area contributed by atoms with E-state index in [0.717, 1.165) is 37.9 Å². The van der Waals surface area contributed by atoms with Gasteiger partial charge in [0.05, 0.1) is 5.92 Å². The summed E-state index contributed by atoms with van der Waals surface area (Å²) in [5, 5.41) is 8.13. The van der Waals surface area contributed by atoms with E-state index in [9.17, 15) is 4.79 Å². The summed E-state index contributed by atoms with van der Waals surface area (Å²) in [7, 11) is 0. The summed E-state index contributed by atoms with van der Waals surface area (Å²) in [5.41, 5.74) is 1.15. The van der Waals surface area contributed by atoms with E-state index in [0.29, 0.717) is 30.9 Å². The molecule has 132 valence electrons. The van der Waals surface area contributed by atoms with Crippen LogP contribution in [0.1, 0.15) is 37.1 Å². The molecule has 1 aliphatic heterocycles. The second-order valence-electron chi connectivity index (χ2n) is 6.87. The highest BCUT2D eigenvalue weighted by molar-refractivity contribution is 5.84. The molecule has 1 aromatic heterocycles. The van der Waals surface area contributed by atoms with Crippen molar-refractivity contribution >= 4 is 11.9 Å². The van der Waals surface area contributed by atoms with Crippen LogP contribution in [-0.2, 0) is 11.2 Å². The zero-order valence-electron chi connectivity index (χ0n) is 14.6. The number of amides is 1. The fourth-order valence-electron chi connectivity index (χ4n) is 3.54. The Morgan fingerprint density at radius 1 is 1.16 bits per heavy atom. The lowest BCUT2D eigenvalue weighted by Gasteiger charge is -2.35. The lowest BCUT2D eigenvalue weighted by atomic mass is 9.92. The quantitative estimate of drug-likeness (QED) is 0.837. The lowest BCUT2D eigenvalue weighted by molar-refractivity contribution is -0.133. The molecule has 4 rings (SSSR count). The molecule has 2 aliphatic rings. The van der Waals surface area contributed by atoms with Crippen LogP contribution in [0.15, 0.2) is 34.7 Å². The largest absolute Gasteiger partial charge is 0.408 e. The number of hydrogen-bond acceptors (Lipinski definition) is 5. The first-order valence-corrected chi connectivity index (χ1v) is 9.17. The molecular formula is C19H24N4O2. The predicted molar refractivity (Wildman–Crippen MR) is 94.4 cm³/mol. The number of carbonyl (C=O) groups excluding carboxylic acids is 1. The molecule has 0 spiro atoms. The van der Waals surface area contributed by atoms with E-state index < -0.39 is 0 Å². The van der Waals surface area contributed by atoms with Crippen LogP contribution in [0.2, 0.25) is 0 Å². The van der Waals surface area contributed by atoms with E-state index in [1.807, 2.05) is 30.0 Å². The minimum absolute atomic E-state index is 0.0165. The monoisotopic (exact) mass is 340 g/mol. The lowest BCUT2D eigenvalue weighted by Crippen LogP contribution is -2.50. The normalized spacial score (nSPS) is 19.1. The summed E-state index contributed by atoms with van der Waals surface area (Å²) in [6, 6.07) is 10.8. The molecule has 25 heavy (non-hydrogen) atoms. The van der Waals surface area contributed by atoms with Crippen molar-refractivity contribution in [3.05, 3.63) is 41.8 Å². The number of hydrogen-bond donors (Lipinski definition) is 0. The van der Waals surface area contributed by atoms with Crippen molar-refractivity contribution in [2.45, 2.75) is 32.1 Å². The van der Waals surface area contributed by atoms with Crippen molar-refractivity contribution < 1.29 is 9.21 Å². The molecule has 2 aromatic rings. The molecule has 0 N–H and O–H groups in total. The minimum Gasteiger partial charge on any atom is -0.408 e. The number of anilines is 1. The van der Waals surface area contributed by atoms with Crippen LogP contribution in [0, 0.1) is 5.92 Å². The summed E-state index contributed by atoms with van der Waals surface area (Å²) in [6.07, 6.45) is 3.06. The minimum atomic E-state index is 0.0165. The maximum absolute atomic E-state index is 13.1. The molecular weight excluding hydrogens is 316 g/mol. The molecule has 1 aliphatic carbocycles. The van der Waals surface area contributed by atoms with E-state index in [-0.39, 0.29) is 11.8 Å². The Balaban J connectivity index is 1.42. The number of nitrogens with zero attached hydrogens (tertiary/aromatic N) is 4. The fraction of sp³-hybridized carbons (Fsp3) is 0.526. The average Bonchev–Trinajstić information content (AvgIpc) is 3.38. The zero-order valence-corrected chi connectivity index (χ0v) is 14.6. The van der Waals surface area contributed by atoms with Gasteiger partial charge in [-0.2, -0.15) is 0 Å². The Morgan fingerprint density at radius 2 is 1.88 bits per heavy atom. The van der Waals surface area contributed by atoms with Crippen LogP contribution < -0.4 is 4.90 Å². The Labute approximate surface area is 147 Å². The molecule has 1 aromatic carbocycles. The summed E-state index contributed by atoms with van der Waals surface area (Å²) < 4.78 is 5.63. The standard InChI is InChI=1S/C19H24N4O2/c1-2-16-20-21-19(25-16)23-12-10-22(11-13-23)18(24)17(15-8-9-15)14-6-4-3-5-7-14/h3-7,15,17H,2,8-13H2,1H3. The van der Waals surface area contributed by atoms with Gasteiger partial charge in [0, 0.05) is 32.6 Å². The van der Waals surface area contributed by atoms with Crippen LogP contribution in [0.3, 0.4) is 0 Å². The summed E-state index contributed by atoms with van der Waals surface area (Å²) >= 11 is 0. The molecule has 1 saturated carbocycles. The highest BCUT2D eigenvalue weighted by atomic mass is 16.4. The number of benzene rings is 1. The van der Waals surface area contributed by atoms with Gasteiger partial charge in [-0.1, -0.05) is 42.4 Å². The number of piperazine rings is 1. The van der Waals surface area contributed by atoms with E-state index in [2.05, 4.69) is 27.2 Å². The van der Waals surface area contributed by atoms with Gasteiger partial charge < -0.3 is 14.2 Å². The third kappa shape index (κ3) is 3.38. The maximum Gasteiger partial charge on any atom is 0.318 e. The van der Waals surface area contributed by atoms with E-state index in [1.54, 1.807) is 0 Å². The topological polar surface area (TPSA) is 62.5 Å². The Bertz CT molecular complexity index is 718. The number of aryl methyl sites for hydroxylation is 1. The Kier molecular flexibility index (Phi) is 4.42. The third-order valence-electron chi connectivity index (χ3n) is 5.14. The Hall–Kier alpha value is -2.37. The van der Waals surface area contributed by atoms with Crippen molar-refractivity contribution in [1.82, 2.24) is 15.1 Å². The van der Waals surface area contributed by atoms with Crippen LogP contribution >= 0.6 is 0 Å². The van der Waals surface area contributed by atoms with Gasteiger partial charge in [-0.3, -0.25) is 4.79 Å². The van der Waals surface area contributed by atoms with E-state index >= 15 is 0 Å². The highest BCUT2D eigenvalue weighted by Crippen LogP contribution is 2.43. The molecule has 2 heterocycles. The Morgan fingerprint density at radius 3 is 2.48 bits per heavy atom. The number of aromatic nitrogens is 2. The first kappa shape index (κ1) is 16.1. The SMILES string of the molecule is CCc1nnc(N2CCN(C(=O)C(c3ccccc3)C3CC3)CC2)o1. The van der Waals surface area contributed by atoms with Gasteiger partial charge >= 0.3 is 6.01 Å². The van der Waals surface area contributed by atoms with Gasteiger partial charge in [0.25, 0.3) is 0 Å².